The van der Waals surface area contributed by atoms with Crippen molar-refractivity contribution in [2.24, 2.45) is 0 Å². The largest absolute Gasteiger partial charge is 0.412 e. The first-order chi connectivity index (χ1) is 23.4. The second-order valence-electron chi connectivity index (χ2n) is 12.1. The summed E-state index contributed by atoms with van der Waals surface area (Å²) in [6.45, 7) is 9.37. The number of halogens is 6. The first-order valence-electron chi connectivity index (χ1n) is 16.8. The lowest BCUT2D eigenvalue weighted by atomic mass is 10.3. The highest BCUT2D eigenvalue weighted by atomic mass is 35.5. The van der Waals surface area contributed by atoms with Gasteiger partial charge in [-0.2, -0.15) is 0 Å². The lowest BCUT2D eigenvalue weighted by molar-refractivity contribution is 0.337. The minimum absolute atomic E-state index is 0. The molecule has 2 aliphatic heterocycles. The van der Waals surface area contributed by atoms with Crippen molar-refractivity contribution in [2.75, 3.05) is 63.0 Å². The Morgan fingerprint density at radius 2 is 0.824 bits per heavy atom. The molecule has 4 N–H and O–H groups in total. The Kier molecular flexibility index (Phi) is 22.5. The molecule has 2 saturated heterocycles. The van der Waals surface area contributed by atoms with Gasteiger partial charge < -0.3 is 25.9 Å². The SMILES string of the molecule is Cl.Cl.Clc1ccc(Sc2cc(Cl)ccc2NCCCN2CCCC2)cc1.Clc1ccc(Sc2cc(Cl)ccc2NCCCN2CCCC2)cc1.O. The molecule has 0 aliphatic carbocycles. The smallest absolute Gasteiger partial charge is 0.0483 e. The minimum atomic E-state index is 0. The molecule has 0 unspecified atom stereocenters. The molecule has 13 heteroatoms. The Labute approximate surface area is 345 Å². The number of likely N-dealkylation sites (tertiary alicyclic amines) is 2. The van der Waals surface area contributed by atoms with Crippen LogP contribution in [-0.4, -0.2) is 67.6 Å². The van der Waals surface area contributed by atoms with Gasteiger partial charge in [0.1, 0.15) is 0 Å². The molecule has 0 aromatic heterocycles. The highest BCUT2D eigenvalue weighted by molar-refractivity contribution is 7.99. The molecule has 2 aliphatic rings. The van der Waals surface area contributed by atoms with Gasteiger partial charge in [0, 0.05) is 64.1 Å². The van der Waals surface area contributed by atoms with Crippen LogP contribution in [-0.2, 0) is 0 Å². The molecule has 51 heavy (non-hydrogen) atoms. The summed E-state index contributed by atoms with van der Waals surface area (Å²) in [5.41, 5.74) is 2.28. The molecule has 6 rings (SSSR count). The molecule has 0 spiro atoms. The van der Waals surface area contributed by atoms with Crippen molar-refractivity contribution in [3.63, 3.8) is 0 Å². The molecule has 0 radical (unpaired) electrons. The van der Waals surface area contributed by atoms with Gasteiger partial charge >= 0.3 is 0 Å². The predicted molar refractivity (Wildman–Crippen MR) is 230 cm³/mol. The Balaban J connectivity index is 0.000000334. The zero-order chi connectivity index (χ0) is 33.6. The number of hydrogen-bond acceptors (Lipinski definition) is 6. The van der Waals surface area contributed by atoms with E-state index in [1.54, 1.807) is 23.5 Å². The molecule has 5 nitrogen and oxygen atoms in total. The standard InChI is InChI=1S/2C19H22Cl2N2S.2ClH.H2O/c2*20-15-4-7-17(8-5-15)24-19-14-16(21)6-9-18(19)22-10-3-13-23-11-1-2-12-23;;;/h2*4-9,14,22H,1-3,10-13H2;2*1H;1H2. The van der Waals surface area contributed by atoms with Crippen LogP contribution in [0.15, 0.2) is 105 Å². The average molecular weight is 854 g/mol. The Morgan fingerprint density at radius 1 is 0.490 bits per heavy atom. The topological polar surface area (TPSA) is 62.0 Å². The third-order valence-electron chi connectivity index (χ3n) is 8.30. The average Bonchev–Trinajstić information content (AvgIpc) is 3.81. The molecular formula is C38H48Cl6N4OS2. The van der Waals surface area contributed by atoms with Gasteiger partial charge in [-0.3, -0.25) is 0 Å². The molecule has 0 bridgehead atoms. The van der Waals surface area contributed by atoms with Crippen LogP contribution < -0.4 is 10.6 Å². The van der Waals surface area contributed by atoms with Crippen LogP contribution in [0.5, 0.6) is 0 Å². The maximum atomic E-state index is 6.19. The van der Waals surface area contributed by atoms with Crippen molar-refractivity contribution in [1.29, 1.82) is 0 Å². The Morgan fingerprint density at radius 3 is 1.18 bits per heavy atom. The normalized spacial score (nSPS) is 14.0. The van der Waals surface area contributed by atoms with E-state index in [0.29, 0.717) is 0 Å². The second kappa shape index (κ2) is 25.0. The van der Waals surface area contributed by atoms with Crippen LogP contribution in [0.4, 0.5) is 11.4 Å². The maximum Gasteiger partial charge on any atom is 0.0483 e. The lowest BCUT2D eigenvalue weighted by Crippen LogP contribution is -2.22. The first kappa shape index (κ1) is 46.0. The summed E-state index contributed by atoms with van der Waals surface area (Å²) in [7, 11) is 0. The number of benzene rings is 4. The van der Waals surface area contributed by atoms with Crippen LogP contribution in [0.25, 0.3) is 0 Å². The summed E-state index contributed by atoms with van der Waals surface area (Å²) < 4.78 is 0. The van der Waals surface area contributed by atoms with Crippen LogP contribution in [0, 0.1) is 0 Å². The van der Waals surface area contributed by atoms with Crippen molar-refractivity contribution in [1.82, 2.24) is 9.80 Å². The fourth-order valence-corrected chi connectivity index (χ4v) is 8.43. The number of hydrogen-bond donors (Lipinski definition) is 2. The van der Waals surface area contributed by atoms with Crippen LogP contribution in [0.2, 0.25) is 20.1 Å². The molecule has 4 aromatic rings. The van der Waals surface area contributed by atoms with Crippen molar-refractivity contribution in [2.45, 2.75) is 58.1 Å². The van der Waals surface area contributed by atoms with E-state index in [1.807, 2.05) is 72.8 Å². The van der Waals surface area contributed by atoms with E-state index in [2.05, 4.69) is 32.6 Å². The van der Waals surface area contributed by atoms with Gasteiger partial charge in [-0.05, 0) is 163 Å². The molecular weight excluding hydrogens is 805 g/mol. The van der Waals surface area contributed by atoms with Crippen LogP contribution in [0.1, 0.15) is 38.5 Å². The minimum Gasteiger partial charge on any atom is -0.412 e. The van der Waals surface area contributed by atoms with Crippen LogP contribution in [0.3, 0.4) is 0 Å². The van der Waals surface area contributed by atoms with Crippen molar-refractivity contribution in [3.8, 4) is 0 Å². The summed E-state index contributed by atoms with van der Waals surface area (Å²) in [6, 6.07) is 27.8. The fourth-order valence-electron chi connectivity index (χ4n) is 5.78. The zero-order valence-corrected chi connectivity index (χ0v) is 34.8. The Bertz CT molecular complexity index is 1440. The fraction of sp³-hybridized carbons (Fsp3) is 0.368. The predicted octanol–water partition coefficient (Wildman–Crippen LogP) is 12.1. The third kappa shape index (κ3) is 16.4. The van der Waals surface area contributed by atoms with Gasteiger partial charge in [0.2, 0.25) is 0 Å². The highest BCUT2D eigenvalue weighted by Gasteiger charge is 2.12. The molecule has 280 valence electrons. The number of anilines is 2. The van der Waals surface area contributed by atoms with Crippen molar-refractivity contribution >= 4 is 106 Å². The van der Waals surface area contributed by atoms with Gasteiger partial charge in [0.15, 0.2) is 0 Å². The van der Waals surface area contributed by atoms with Gasteiger partial charge in [0.25, 0.3) is 0 Å². The number of rotatable bonds is 14. The monoisotopic (exact) mass is 850 g/mol. The van der Waals surface area contributed by atoms with Gasteiger partial charge in [-0.15, -0.1) is 24.8 Å². The summed E-state index contributed by atoms with van der Waals surface area (Å²) in [4.78, 5) is 9.69. The first-order valence-corrected chi connectivity index (χ1v) is 19.9. The second-order valence-corrected chi connectivity index (χ2v) is 16.0. The zero-order valence-electron chi connectivity index (χ0n) is 28.5. The Hall–Kier alpha value is -1.20. The summed E-state index contributed by atoms with van der Waals surface area (Å²) in [5.74, 6) is 0. The van der Waals surface area contributed by atoms with E-state index in [0.717, 1.165) is 77.0 Å². The van der Waals surface area contributed by atoms with E-state index in [4.69, 9.17) is 46.4 Å². The molecule has 0 atom stereocenters. The summed E-state index contributed by atoms with van der Waals surface area (Å²) >= 11 is 27.7. The van der Waals surface area contributed by atoms with E-state index >= 15 is 0 Å². The molecule has 4 aromatic carbocycles. The van der Waals surface area contributed by atoms with Gasteiger partial charge in [0.05, 0.1) is 0 Å². The molecule has 2 fully saturated rings. The molecule has 0 saturated carbocycles. The summed E-state index contributed by atoms with van der Waals surface area (Å²) in [5, 5.41) is 10.2. The number of nitrogens with one attached hydrogen (secondary N) is 2. The third-order valence-corrected chi connectivity index (χ3v) is 11.4. The van der Waals surface area contributed by atoms with E-state index < -0.39 is 0 Å². The van der Waals surface area contributed by atoms with Crippen LogP contribution >= 0.6 is 94.7 Å². The van der Waals surface area contributed by atoms with E-state index in [1.165, 1.54) is 65.0 Å². The quantitative estimate of drug-likeness (QED) is 0.123. The lowest BCUT2D eigenvalue weighted by Gasteiger charge is -2.16. The van der Waals surface area contributed by atoms with E-state index in [9.17, 15) is 0 Å². The van der Waals surface area contributed by atoms with Gasteiger partial charge in [-0.25, -0.2) is 0 Å². The van der Waals surface area contributed by atoms with Crippen molar-refractivity contribution < 1.29 is 5.48 Å². The molecule has 2 heterocycles. The number of nitrogens with zero attached hydrogens (tertiary/aromatic N) is 2. The highest BCUT2D eigenvalue weighted by Crippen LogP contribution is 2.37. The van der Waals surface area contributed by atoms with Gasteiger partial charge in [-0.1, -0.05) is 69.9 Å². The van der Waals surface area contributed by atoms with Crippen molar-refractivity contribution in [3.05, 3.63) is 105 Å². The molecule has 0 amide bonds. The van der Waals surface area contributed by atoms with E-state index in [-0.39, 0.29) is 30.3 Å². The summed E-state index contributed by atoms with van der Waals surface area (Å²) in [6.07, 6.45) is 7.74. The maximum absolute atomic E-state index is 6.19.